The van der Waals surface area contributed by atoms with Gasteiger partial charge in [-0.25, -0.2) is 0 Å². The van der Waals surface area contributed by atoms with Crippen molar-refractivity contribution in [1.29, 1.82) is 0 Å². The summed E-state index contributed by atoms with van der Waals surface area (Å²) in [5, 5.41) is 8.63. The fourth-order valence-electron chi connectivity index (χ4n) is 0.558. The van der Waals surface area contributed by atoms with E-state index >= 15 is 0 Å². The predicted molar refractivity (Wildman–Crippen MR) is 35.6 cm³/mol. The van der Waals surface area contributed by atoms with Crippen LogP contribution < -0.4 is 0 Å². The Bertz CT molecular complexity index is 66.8. The van der Waals surface area contributed by atoms with E-state index in [1.54, 1.807) is 6.08 Å². The average Bonchev–Trinajstić information content (AvgIpc) is 1.69. The van der Waals surface area contributed by atoms with Crippen molar-refractivity contribution in [1.82, 2.24) is 0 Å². The summed E-state index contributed by atoms with van der Waals surface area (Å²) in [5.41, 5.74) is 0. The smallest absolute Gasteiger partial charge is 0.0496 e. The molecule has 0 saturated carbocycles. The Hall–Kier alpha value is -0.300. The summed E-state index contributed by atoms with van der Waals surface area (Å²) in [6, 6.07) is 0. The highest BCUT2D eigenvalue weighted by Crippen LogP contribution is 2.09. The summed E-state index contributed by atoms with van der Waals surface area (Å²) in [6.45, 7) is 7.96. The van der Waals surface area contributed by atoms with Crippen LogP contribution in [0.15, 0.2) is 12.7 Å². The van der Waals surface area contributed by atoms with E-state index in [-0.39, 0.29) is 12.5 Å². The first kappa shape index (κ1) is 7.70. The Morgan fingerprint density at radius 3 is 2.12 bits per heavy atom. The Balaban J connectivity index is 3.51. The first-order valence-corrected chi connectivity index (χ1v) is 2.95. The fourth-order valence-corrected chi connectivity index (χ4v) is 0.558. The summed E-state index contributed by atoms with van der Waals surface area (Å²) >= 11 is 0. The quantitative estimate of drug-likeness (QED) is 0.550. The molecule has 0 aliphatic heterocycles. The van der Waals surface area contributed by atoms with Crippen molar-refractivity contribution >= 4 is 0 Å². The molecule has 0 radical (unpaired) electrons. The van der Waals surface area contributed by atoms with Crippen molar-refractivity contribution in [3.05, 3.63) is 12.7 Å². The van der Waals surface area contributed by atoms with Gasteiger partial charge in [-0.2, -0.15) is 0 Å². The molecule has 0 amide bonds. The molecule has 0 aliphatic carbocycles. The van der Waals surface area contributed by atoms with Gasteiger partial charge in [0.1, 0.15) is 0 Å². The molecule has 0 aliphatic rings. The highest BCUT2D eigenvalue weighted by Gasteiger charge is 2.05. The largest absolute Gasteiger partial charge is 0.396 e. The van der Waals surface area contributed by atoms with Gasteiger partial charge >= 0.3 is 0 Å². The summed E-state index contributed by atoms with van der Waals surface area (Å²) in [5.74, 6) is 0.785. The third kappa shape index (κ3) is 2.12. The topological polar surface area (TPSA) is 20.2 Å². The van der Waals surface area contributed by atoms with E-state index in [0.29, 0.717) is 5.92 Å². The van der Waals surface area contributed by atoms with Crippen molar-refractivity contribution in [2.24, 2.45) is 11.8 Å². The van der Waals surface area contributed by atoms with Crippen molar-refractivity contribution < 1.29 is 5.11 Å². The molecule has 0 aromatic carbocycles. The lowest BCUT2D eigenvalue weighted by atomic mass is 9.97. The highest BCUT2D eigenvalue weighted by molar-refractivity contribution is 4.80. The second kappa shape index (κ2) is 3.67. The number of hydrogen-bond donors (Lipinski definition) is 1. The number of hydrogen-bond acceptors (Lipinski definition) is 1. The first-order chi connectivity index (χ1) is 3.72. The van der Waals surface area contributed by atoms with Crippen LogP contribution in [0.4, 0.5) is 0 Å². The number of aliphatic hydroxyl groups is 1. The molecule has 0 rings (SSSR count). The lowest BCUT2D eigenvalue weighted by molar-refractivity contribution is 0.222. The van der Waals surface area contributed by atoms with Crippen molar-refractivity contribution in [2.75, 3.05) is 6.61 Å². The number of aliphatic hydroxyl groups excluding tert-OH is 1. The summed E-state index contributed by atoms with van der Waals surface area (Å²) in [4.78, 5) is 0. The minimum atomic E-state index is 0.223. The first-order valence-electron chi connectivity index (χ1n) is 2.95. The molecule has 0 heterocycles. The van der Waals surface area contributed by atoms with E-state index in [1.165, 1.54) is 0 Å². The summed E-state index contributed by atoms with van der Waals surface area (Å²) in [6.07, 6.45) is 1.80. The van der Waals surface area contributed by atoms with Gasteiger partial charge in [-0.05, 0) is 5.92 Å². The van der Waals surface area contributed by atoms with Gasteiger partial charge in [0.2, 0.25) is 0 Å². The average molecular weight is 114 g/mol. The third-order valence-corrected chi connectivity index (χ3v) is 1.37. The molecule has 8 heavy (non-hydrogen) atoms. The van der Waals surface area contributed by atoms with Crippen LogP contribution in [-0.2, 0) is 0 Å². The second-order valence-corrected chi connectivity index (χ2v) is 2.33. The molecule has 0 bridgehead atoms. The van der Waals surface area contributed by atoms with E-state index in [0.717, 1.165) is 0 Å². The molecular weight excluding hydrogens is 100 g/mol. The maximum atomic E-state index is 8.63. The second-order valence-electron chi connectivity index (χ2n) is 2.33. The highest BCUT2D eigenvalue weighted by atomic mass is 16.3. The molecule has 1 N–H and O–H groups in total. The molecule has 1 atom stereocenters. The van der Waals surface area contributed by atoms with Crippen molar-refractivity contribution in [3.8, 4) is 0 Å². The third-order valence-electron chi connectivity index (χ3n) is 1.37. The molecule has 1 nitrogen and oxygen atoms in total. The maximum absolute atomic E-state index is 8.63. The molecule has 0 aromatic heterocycles. The summed E-state index contributed by atoms with van der Waals surface area (Å²) in [7, 11) is 0. The van der Waals surface area contributed by atoms with Crippen LogP contribution in [0, 0.1) is 11.8 Å². The number of rotatable bonds is 3. The minimum Gasteiger partial charge on any atom is -0.396 e. The van der Waals surface area contributed by atoms with Gasteiger partial charge in [-0.15, -0.1) is 6.58 Å². The van der Waals surface area contributed by atoms with Crippen LogP contribution in [0.1, 0.15) is 13.8 Å². The zero-order valence-electron chi connectivity index (χ0n) is 5.59. The molecule has 0 saturated heterocycles. The Morgan fingerprint density at radius 2 is 2.12 bits per heavy atom. The van der Waals surface area contributed by atoms with Gasteiger partial charge in [-0.3, -0.25) is 0 Å². The molecule has 0 spiro atoms. The van der Waals surface area contributed by atoms with E-state index in [2.05, 4.69) is 20.4 Å². The molecule has 1 unspecified atom stereocenters. The van der Waals surface area contributed by atoms with E-state index in [4.69, 9.17) is 5.11 Å². The van der Waals surface area contributed by atoms with Gasteiger partial charge in [0, 0.05) is 12.5 Å². The molecule has 0 aromatic rings. The van der Waals surface area contributed by atoms with Crippen LogP contribution >= 0.6 is 0 Å². The van der Waals surface area contributed by atoms with Gasteiger partial charge in [-0.1, -0.05) is 19.9 Å². The minimum absolute atomic E-state index is 0.223. The zero-order valence-corrected chi connectivity index (χ0v) is 5.59. The van der Waals surface area contributed by atoms with Crippen molar-refractivity contribution in [3.63, 3.8) is 0 Å². The molecule has 1 heteroatoms. The fraction of sp³-hybridized carbons (Fsp3) is 0.714. The van der Waals surface area contributed by atoms with E-state index < -0.39 is 0 Å². The van der Waals surface area contributed by atoms with Crippen LogP contribution in [0.25, 0.3) is 0 Å². The van der Waals surface area contributed by atoms with Gasteiger partial charge in [0.25, 0.3) is 0 Å². The SMILES string of the molecule is C=CC(CO)C(C)C. The normalized spacial score (nSPS) is 14.0. The van der Waals surface area contributed by atoms with Crippen LogP contribution in [0.2, 0.25) is 0 Å². The van der Waals surface area contributed by atoms with Gasteiger partial charge < -0.3 is 5.11 Å². The zero-order chi connectivity index (χ0) is 6.57. The molecule has 48 valence electrons. The maximum Gasteiger partial charge on any atom is 0.0496 e. The molecule has 0 fully saturated rings. The lowest BCUT2D eigenvalue weighted by Gasteiger charge is -2.11. The van der Waals surface area contributed by atoms with Crippen molar-refractivity contribution in [2.45, 2.75) is 13.8 Å². The standard InChI is InChI=1S/C7H14O/c1-4-7(5-8)6(2)3/h4,6-8H,1,5H2,2-3H3. The van der Waals surface area contributed by atoms with Crippen LogP contribution in [0.5, 0.6) is 0 Å². The van der Waals surface area contributed by atoms with Gasteiger partial charge in [0.05, 0.1) is 0 Å². The van der Waals surface area contributed by atoms with E-state index in [9.17, 15) is 0 Å². The Kier molecular flexibility index (Phi) is 3.53. The monoisotopic (exact) mass is 114 g/mol. The van der Waals surface area contributed by atoms with E-state index in [1.807, 2.05) is 0 Å². The van der Waals surface area contributed by atoms with Crippen LogP contribution in [-0.4, -0.2) is 11.7 Å². The van der Waals surface area contributed by atoms with Gasteiger partial charge in [0.15, 0.2) is 0 Å². The summed E-state index contributed by atoms with van der Waals surface area (Å²) < 4.78 is 0. The predicted octanol–water partition coefficient (Wildman–Crippen LogP) is 1.44. The Labute approximate surface area is 51.0 Å². The van der Waals surface area contributed by atoms with Crippen LogP contribution in [0.3, 0.4) is 0 Å². The lowest BCUT2D eigenvalue weighted by Crippen LogP contribution is -2.09. The Morgan fingerprint density at radius 1 is 1.62 bits per heavy atom. The molecular formula is C7H14O.